The maximum absolute atomic E-state index is 12.4. The van der Waals surface area contributed by atoms with Crippen LogP contribution >= 0.6 is 0 Å². The third-order valence-corrected chi connectivity index (χ3v) is 6.41. The Bertz CT molecular complexity index is 455. The molecule has 4 rings (SSSR count). The van der Waals surface area contributed by atoms with E-state index in [4.69, 9.17) is 0 Å². The van der Waals surface area contributed by atoms with E-state index in [1.807, 2.05) is 0 Å². The molecule has 0 spiro atoms. The molecule has 122 valence electrons. The third kappa shape index (κ3) is 2.46. The zero-order valence-electron chi connectivity index (χ0n) is 13.7. The quantitative estimate of drug-likeness (QED) is 0.765. The molecule has 0 radical (unpaired) electrons. The van der Waals surface area contributed by atoms with Gasteiger partial charge in [-0.05, 0) is 67.8 Å². The predicted octanol–water partition coefficient (Wildman–Crippen LogP) is 2.26. The molecule has 4 fully saturated rings. The predicted molar refractivity (Wildman–Crippen MR) is 86.0 cm³/mol. The van der Waals surface area contributed by atoms with Gasteiger partial charge in [-0.3, -0.25) is 9.59 Å². The summed E-state index contributed by atoms with van der Waals surface area (Å²) < 4.78 is 0. The number of carbonyl (C=O) groups is 2. The Labute approximate surface area is 133 Å². The largest absolute Gasteiger partial charge is 0.348 e. The van der Waals surface area contributed by atoms with Gasteiger partial charge in [0.2, 0.25) is 11.8 Å². The van der Waals surface area contributed by atoms with Gasteiger partial charge in [0, 0.05) is 5.54 Å². The van der Waals surface area contributed by atoms with Crippen molar-refractivity contribution in [2.75, 3.05) is 6.54 Å². The van der Waals surface area contributed by atoms with E-state index in [9.17, 15) is 9.59 Å². The van der Waals surface area contributed by atoms with Crippen LogP contribution in [0.2, 0.25) is 0 Å². The van der Waals surface area contributed by atoms with Crippen LogP contribution in [0, 0.1) is 29.6 Å². The Hall–Kier alpha value is -1.32. The monoisotopic (exact) mass is 304 g/mol. The van der Waals surface area contributed by atoms with Gasteiger partial charge in [0.25, 0.3) is 0 Å². The molecule has 0 aliphatic heterocycles. The molecule has 0 aromatic rings. The van der Waals surface area contributed by atoms with Crippen molar-refractivity contribution in [1.82, 2.24) is 10.6 Å². The Balaban J connectivity index is 1.74. The number of hydrogen-bond acceptors (Lipinski definition) is 2. The number of amides is 2. The molecule has 0 unspecified atom stereocenters. The summed E-state index contributed by atoms with van der Waals surface area (Å²) in [5.74, 6) is 3.07. The number of rotatable bonds is 5. The molecule has 0 saturated heterocycles. The second-order valence-corrected chi connectivity index (χ2v) is 7.86. The van der Waals surface area contributed by atoms with Crippen molar-refractivity contribution in [2.24, 2.45) is 29.6 Å². The van der Waals surface area contributed by atoms with Crippen LogP contribution in [-0.2, 0) is 9.59 Å². The van der Waals surface area contributed by atoms with Crippen LogP contribution in [0.3, 0.4) is 0 Å². The van der Waals surface area contributed by atoms with Crippen LogP contribution in [0.5, 0.6) is 0 Å². The number of hydrogen-bond donors (Lipinski definition) is 2. The van der Waals surface area contributed by atoms with Crippen molar-refractivity contribution < 1.29 is 9.59 Å². The van der Waals surface area contributed by atoms with Gasteiger partial charge in [-0.15, -0.1) is 0 Å². The average Bonchev–Trinajstić information content (AvgIpc) is 2.47. The lowest BCUT2D eigenvalue weighted by Crippen LogP contribution is -2.69. The highest BCUT2D eigenvalue weighted by molar-refractivity contribution is 5.90. The zero-order valence-corrected chi connectivity index (χ0v) is 13.7. The Morgan fingerprint density at radius 2 is 1.68 bits per heavy atom. The summed E-state index contributed by atoms with van der Waals surface area (Å²) in [6, 6.07) is 0. The van der Waals surface area contributed by atoms with Gasteiger partial charge in [-0.1, -0.05) is 20.4 Å². The Morgan fingerprint density at radius 3 is 2.14 bits per heavy atom. The van der Waals surface area contributed by atoms with Crippen LogP contribution in [0.15, 0.2) is 12.7 Å². The maximum atomic E-state index is 12.4. The van der Waals surface area contributed by atoms with Gasteiger partial charge in [0.15, 0.2) is 0 Å². The van der Waals surface area contributed by atoms with Gasteiger partial charge in [-0.2, -0.15) is 0 Å². The molecule has 0 aromatic heterocycles. The van der Waals surface area contributed by atoms with E-state index in [0.717, 1.165) is 11.8 Å². The summed E-state index contributed by atoms with van der Waals surface area (Å²) in [6.07, 6.45) is 7.68. The minimum Gasteiger partial charge on any atom is -0.348 e. The van der Waals surface area contributed by atoms with Crippen molar-refractivity contribution in [3.63, 3.8) is 0 Å². The molecule has 0 aromatic carbocycles. The van der Waals surface area contributed by atoms with Crippen molar-refractivity contribution in [3.05, 3.63) is 12.7 Å². The summed E-state index contributed by atoms with van der Waals surface area (Å²) in [4.78, 5) is 23.7. The number of nitrogens with one attached hydrogen (secondary N) is 2. The summed E-state index contributed by atoms with van der Waals surface area (Å²) >= 11 is 0. The van der Waals surface area contributed by atoms with Gasteiger partial charge in [0.05, 0.1) is 6.54 Å². The normalized spacial score (nSPS) is 38.9. The molecule has 2 N–H and O–H groups in total. The molecule has 4 bridgehead atoms. The van der Waals surface area contributed by atoms with Crippen LogP contribution in [-0.4, -0.2) is 23.9 Å². The minimum absolute atomic E-state index is 0.0472. The van der Waals surface area contributed by atoms with Crippen LogP contribution in [0.1, 0.15) is 46.0 Å². The zero-order chi connectivity index (χ0) is 15.9. The SMILES string of the molecule is C=CC(=O)NCC(=O)NC1(C(C)C)C2CC3CC(C2)CC1C3. The molecular weight excluding hydrogens is 276 g/mol. The Kier molecular flexibility index (Phi) is 4.04. The highest BCUT2D eigenvalue weighted by Crippen LogP contribution is 2.60. The van der Waals surface area contributed by atoms with Gasteiger partial charge in [-0.25, -0.2) is 0 Å². The molecule has 4 saturated carbocycles. The fourth-order valence-corrected chi connectivity index (χ4v) is 5.78. The first-order valence-corrected chi connectivity index (χ1v) is 8.67. The molecule has 22 heavy (non-hydrogen) atoms. The van der Waals surface area contributed by atoms with E-state index in [1.54, 1.807) is 0 Å². The van der Waals surface area contributed by atoms with Crippen LogP contribution in [0.4, 0.5) is 0 Å². The fourth-order valence-electron chi connectivity index (χ4n) is 5.78. The van der Waals surface area contributed by atoms with E-state index >= 15 is 0 Å². The fraction of sp³-hybridized carbons (Fsp3) is 0.778. The lowest BCUT2D eigenvalue weighted by atomic mass is 9.46. The standard InChI is InChI=1S/C18H28N2O2/c1-4-16(21)19-10-17(22)20-18(11(2)3)14-6-12-5-13(8-14)9-15(18)7-12/h4,11-15H,1,5-10H2,2-3H3,(H,19,21)(H,20,22). The van der Waals surface area contributed by atoms with Gasteiger partial charge in [0.1, 0.15) is 0 Å². The first-order chi connectivity index (χ1) is 10.5. The number of carbonyl (C=O) groups excluding carboxylic acids is 2. The van der Waals surface area contributed by atoms with E-state index in [1.165, 1.54) is 38.2 Å². The summed E-state index contributed by atoms with van der Waals surface area (Å²) in [5, 5.41) is 5.96. The molecule has 2 amide bonds. The minimum atomic E-state index is -0.293. The highest BCUT2D eigenvalue weighted by atomic mass is 16.2. The van der Waals surface area contributed by atoms with E-state index in [0.29, 0.717) is 17.8 Å². The lowest BCUT2D eigenvalue weighted by molar-refractivity contribution is -0.137. The average molecular weight is 304 g/mol. The highest BCUT2D eigenvalue weighted by Gasteiger charge is 2.58. The van der Waals surface area contributed by atoms with Crippen molar-refractivity contribution in [2.45, 2.75) is 51.5 Å². The molecule has 4 nitrogen and oxygen atoms in total. The lowest BCUT2D eigenvalue weighted by Gasteiger charge is -2.63. The van der Waals surface area contributed by atoms with Crippen molar-refractivity contribution >= 4 is 11.8 Å². The first kappa shape index (κ1) is 15.6. The van der Waals surface area contributed by atoms with E-state index < -0.39 is 0 Å². The molecule has 4 aliphatic rings. The third-order valence-electron chi connectivity index (χ3n) is 6.41. The smallest absolute Gasteiger partial charge is 0.243 e. The van der Waals surface area contributed by atoms with Crippen LogP contribution in [0.25, 0.3) is 0 Å². The van der Waals surface area contributed by atoms with E-state index in [-0.39, 0.29) is 23.9 Å². The summed E-state index contributed by atoms with van der Waals surface area (Å²) in [5.41, 5.74) is -0.0661. The van der Waals surface area contributed by atoms with Crippen molar-refractivity contribution in [3.8, 4) is 0 Å². The maximum Gasteiger partial charge on any atom is 0.243 e. The molecule has 4 heteroatoms. The summed E-state index contributed by atoms with van der Waals surface area (Å²) in [6.45, 7) is 7.94. The molecule has 0 atom stereocenters. The summed E-state index contributed by atoms with van der Waals surface area (Å²) in [7, 11) is 0. The van der Waals surface area contributed by atoms with E-state index in [2.05, 4.69) is 31.1 Å². The molecule has 4 aliphatic carbocycles. The second-order valence-electron chi connectivity index (χ2n) is 7.86. The first-order valence-electron chi connectivity index (χ1n) is 8.67. The molecular formula is C18H28N2O2. The molecule has 0 heterocycles. The van der Waals surface area contributed by atoms with Gasteiger partial charge < -0.3 is 10.6 Å². The van der Waals surface area contributed by atoms with Gasteiger partial charge >= 0.3 is 0 Å². The topological polar surface area (TPSA) is 58.2 Å². The van der Waals surface area contributed by atoms with Crippen LogP contribution < -0.4 is 10.6 Å². The second kappa shape index (κ2) is 5.71. The Morgan fingerprint density at radius 1 is 1.14 bits per heavy atom. The van der Waals surface area contributed by atoms with Crippen molar-refractivity contribution in [1.29, 1.82) is 0 Å².